The van der Waals surface area contributed by atoms with Crippen LogP contribution in [-0.4, -0.2) is 48.4 Å². The van der Waals surface area contributed by atoms with Crippen molar-refractivity contribution < 1.29 is 41.8 Å². The molecular weight excluding hydrogens is 776 g/mol. The summed E-state index contributed by atoms with van der Waals surface area (Å²) in [5.74, 6) is -3.22. The van der Waals surface area contributed by atoms with Gasteiger partial charge in [-0.1, -0.05) is 36.4 Å². The molecule has 5 heterocycles. The van der Waals surface area contributed by atoms with Crippen molar-refractivity contribution in [3.63, 3.8) is 0 Å². The number of allylic oxidation sites excluding steroid dienone is 5. The second kappa shape index (κ2) is 16.7. The van der Waals surface area contributed by atoms with E-state index in [1.54, 1.807) is 37.6 Å². The first-order valence-electron chi connectivity index (χ1n) is 17.7. The summed E-state index contributed by atoms with van der Waals surface area (Å²) in [4.78, 5) is 54.9. The van der Waals surface area contributed by atoms with E-state index in [4.69, 9.17) is 4.74 Å². The second-order valence-electron chi connectivity index (χ2n) is 13.4. The van der Waals surface area contributed by atoms with Gasteiger partial charge < -0.3 is 20.1 Å². The van der Waals surface area contributed by atoms with E-state index in [2.05, 4.69) is 20.4 Å². The van der Waals surface area contributed by atoms with Gasteiger partial charge >= 0.3 is 18.1 Å². The number of halogens is 3. The van der Waals surface area contributed by atoms with E-state index in [1.807, 2.05) is 78.3 Å². The Kier molecular flexibility index (Phi) is 12.0. The van der Waals surface area contributed by atoms with Gasteiger partial charge in [0.25, 0.3) is 0 Å². The Balaban J connectivity index is 0.000000193. The van der Waals surface area contributed by atoms with Crippen molar-refractivity contribution in [3.05, 3.63) is 140 Å². The number of pyridine rings is 1. The van der Waals surface area contributed by atoms with Gasteiger partial charge in [0.15, 0.2) is 18.2 Å². The molecule has 5 aromatic rings. The number of fused-ring (bicyclic) bond motifs is 2. The number of esters is 2. The standard InChI is InChI=1S/C23H20N2O3S.C20H18F3NO3S/c1-13-19(14(2)26)20(17-12-29-18-9-5-4-8-16(17)18)21(23(27)28-3)22(25-13)15-7-6-10-24-11-15;1-10-16(12(3)25)18(14-8-28-15-7-5-4-6-13(14)15)17(11(2)24-10)19(26)27-9-20(21,22)23/h4-12,20,25H,1-3H3;4-8,18,24H,9H2,1-3H3. The number of alkyl halides is 3. The summed E-state index contributed by atoms with van der Waals surface area (Å²) in [6.07, 6.45) is -1.26. The van der Waals surface area contributed by atoms with Gasteiger partial charge in [-0.05, 0) is 91.5 Å². The summed E-state index contributed by atoms with van der Waals surface area (Å²) in [6.45, 7) is 6.39. The molecule has 3 aromatic heterocycles. The largest absolute Gasteiger partial charge is 0.466 e. The SMILES string of the molecule is CC(=O)C1=C(C)NC(C)=C(C(=O)OCC(F)(F)F)C1c1csc2ccccc12.COC(=O)C1=C(c2cccnc2)NC(C)=C(C(C)=O)C1c1csc2ccccc12. The highest BCUT2D eigenvalue weighted by molar-refractivity contribution is 7.17. The molecule has 0 amide bonds. The lowest BCUT2D eigenvalue weighted by Crippen LogP contribution is -2.32. The number of nitrogens with zero attached hydrogens (tertiary/aromatic N) is 1. The Hall–Kier alpha value is -5.86. The maximum Gasteiger partial charge on any atom is 0.422 e. The number of carbonyl (C=O) groups is 4. The number of ether oxygens (including phenoxy) is 2. The van der Waals surface area contributed by atoms with E-state index in [9.17, 15) is 32.3 Å². The number of hydrogen-bond donors (Lipinski definition) is 2. The minimum absolute atomic E-state index is 0.0172. The van der Waals surface area contributed by atoms with E-state index < -0.39 is 36.6 Å². The molecular formula is C43H38F3N3O6S2. The number of nitrogens with one attached hydrogen (secondary N) is 2. The van der Waals surface area contributed by atoms with Crippen molar-refractivity contribution in [2.45, 2.75) is 52.6 Å². The van der Waals surface area contributed by atoms with Crippen molar-refractivity contribution >= 4 is 72.0 Å². The lowest BCUT2D eigenvalue weighted by atomic mass is 9.78. The van der Waals surface area contributed by atoms with Crippen molar-refractivity contribution in [2.24, 2.45) is 0 Å². The number of benzene rings is 2. The number of carbonyl (C=O) groups excluding carboxylic acids is 4. The molecule has 2 aliphatic heterocycles. The number of rotatable bonds is 8. The minimum Gasteiger partial charge on any atom is -0.466 e. The van der Waals surface area contributed by atoms with Gasteiger partial charge in [-0.3, -0.25) is 14.6 Å². The fourth-order valence-corrected chi connectivity index (χ4v) is 9.36. The van der Waals surface area contributed by atoms with Crippen LogP contribution < -0.4 is 10.6 Å². The number of ketones is 2. The number of thiophene rings is 2. The van der Waals surface area contributed by atoms with Gasteiger partial charge in [-0.2, -0.15) is 13.2 Å². The molecule has 57 heavy (non-hydrogen) atoms. The number of hydrogen-bond acceptors (Lipinski definition) is 11. The van der Waals surface area contributed by atoms with Crippen molar-refractivity contribution in [2.75, 3.05) is 13.7 Å². The molecule has 2 N–H and O–H groups in total. The van der Waals surface area contributed by atoms with Gasteiger partial charge in [-0.25, -0.2) is 9.59 Å². The fourth-order valence-electron chi connectivity index (χ4n) is 7.39. The summed E-state index contributed by atoms with van der Waals surface area (Å²) in [5, 5.41) is 11.9. The number of Topliss-reactive ketones (excluding diaryl/α,β-unsaturated/α-hetero) is 2. The molecule has 0 fully saturated rings. The lowest BCUT2D eigenvalue weighted by molar-refractivity contribution is -0.183. The topological polar surface area (TPSA) is 124 Å². The van der Waals surface area contributed by atoms with Crippen LogP contribution in [0.4, 0.5) is 13.2 Å². The second-order valence-corrected chi connectivity index (χ2v) is 15.3. The third kappa shape index (κ3) is 8.33. The average molecular weight is 814 g/mol. The molecule has 9 nitrogen and oxygen atoms in total. The van der Waals surface area contributed by atoms with Crippen LogP contribution in [0.25, 0.3) is 25.9 Å². The molecule has 7 rings (SSSR count). The Morgan fingerprint density at radius 3 is 1.70 bits per heavy atom. The highest BCUT2D eigenvalue weighted by Crippen LogP contribution is 2.46. The van der Waals surface area contributed by atoms with Crippen molar-refractivity contribution in [1.29, 1.82) is 0 Å². The van der Waals surface area contributed by atoms with Crippen LogP contribution >= 0.6 is 22.7 Å². The molecule has 2 atom stereocenters. The highest BCUT2D eigenvalue weighted by atomic mass is 32.1. The van der Waals surface area contributed by atoms with Crippen LogP contribution in [0.1, 0.15) is 63.1 Å². The molecule has 0 aliphatic carbocycles. The van der Waals surface area contributed by atoms with Gasteiger partial charge in [0, 0.05) is 67.4 Å². The summed E-state index contributed by atoms with van der Waals surface area (Å²) >= 11 is 3.05. The molecule has 0 saturated carbocycles. The normalized spacial score (nSPS) is 17.2. The zero-order chi connectivity index (χ0) is 41.2. The quantitative estimate of drug-likeness (QED) is 0.148. The van der Waals surface area contributed by atoms with Crippen LogP contribution in [0.5, 0.6) is 0 Å². The summed E-state index contributed by atoms with van der Waals surface area (Å²) in [6, 6.07) is 19.2. The van der Waals surface area contributed by atoms with Crippen LogP contribution in [0, 0.1) is 0 Å². The number of dihydropyridines is 2. The van der Waals surface area contributed by atoms with Gasteiger partial charge in [-0.15, -0.1) is 22.7 Å². The molecule has 14 heteroatoms. The maximum atomic E-state index is 13.0. The Morgan fingerprint density at radius 2 is 1.21 bits per heavy atom. The molecule has 0 saturated heterocycles. The van der Waals surface area contributed by atoms with E-state index in [0.717, 1.165) is 37.0 Å². The predicted octanol–water partition coefficient (Wildman–Crippen LogP) is 9.26. The highest BCUT2D eigenvalue weighted by Gasteiger charge is 2.40. The monoisotopic (exact) mass is 813 g/mol. The Bertz CT molecular complexity index is 2550. The molecule has 0 spiro atoms. The van der Waals surface area contributed by atoms with Gasteiger partial charge in [0.1, 0.15) is 0 Å². The van der Waals surface area contributed by atoms with Crippen LogP contribution in [0.2, 0.25) is 0 Å². The smallest absolute Gasteiger partial charge is 0.422 e. The van der Waals surface area contributed by atoms with Crippen LogP contribution in [0.15, 0.2) is 123 Å². The zero-order valence-electron chi connectivity index (χ0n) is 31.8. The maximum absolute atomic E-state index is 13.0. The van der Waals surface area contributed by atoms with Gasteiger partial charge in [0.2, 0.25) is 0 Å². The summed E-state index contributed by atoms with van der Waals surface area (Å²) in [7, 11) is 1.36. The fraction of sp³-hybridized carbons (Fsp3) is 0.233. The first-order valence-corrected chi connectivity index (χ1v) is 19.5. The molecule has 0 bridgehead atoms. The van der Waals surface area contributed by atoms with E-state index in [0.29, 0.717) is 39.4 Å². The van der Waals surface area contributed by atoms with E-state index in [1.165, 1.54) is 32.3 Å². The molecule has 294 valence electrons. The lowest BCUT2D eigenvalue weighted by Gasteiger charge is -2.31. The number of methoxy groups -OCH3 is 1. The van der Waals surface area contributed by atoms with Crippen molar-refractivity contribution in [1.82, 2.24) is 15.6 Å². The Morgan fingerprint density at radius 1 is 0.702 bits per heavy atom. The van der Waals surface area contributed by atoms with E-state index in [-0.39, 0.29) is 17.1 Å². The number of aromatic nitrogens is 1. The molecule has 0 radical (unpaired) electrons. The van der Waals surface area contributed by atoms with E-state index >= 15 is 0 Å². The third-order valence-corrected chi connectivity index (χ3v) is 11.6. The zero-order valence-corrected chi connectivity index (χ0v) is 33.4. The van der Waals surface area contributed by atoms with Crippen LogP contribution in [-0.2, 0) is 28.7 Å². The first-order chi connectivity index (χ1) is 27.1. The average Bonchev–Trinajstić information content (AvgIpc) is 3.80. The Labute approximate surface area is 334 Å². The van der Waals surface area contributed by atoms with Crippen molar-refractivity contribution in [3.8, 4) is 0 Å². The minimum atomic E-state index is -4.63. The van der Waals surface area contributed by atoms with Gasteiger partial charge in [0.05, 0.1) is 24.0 Å². The van der Waals surface area contributed by atoms with Crippen LogP contribution in [0.3, 0.4) is 0 Å². The molecule has 2 aliphatic rings. The molecule has 2 aromatic carbocycles. The first kappa shape index (κ1) is 40.8. The third-order valence-electron chi connectivity index (χ3n) is 9.67. The summed E-state index contributed by atoms with van der Waals surface area (Å²) < 4.78 is 49.4. The predicted molar refractivity (Wildman–Crippen MR) is 215 cm³/mol. The molecule has 2 unspecified atom stereocenters. The summed E-state index contributed by atoms with van der Waals surface area (Å²) in [5.41, 5.74) is 6.02.